The number of nitrogens with one attached hydrogen (secondary N) is 1. The van der Waals surface area contributed by atoms with E-state index in [0.717, 1.165) is 12.8 Å². The van der Waals surface area contributed by atoms with Crippen molar-refractivity contribution in [1.29, 1.82) is 0 Å². The molecule has 5 nitrogen and oxygen atoms in total. The summed E-state index contributed by atoms with van der Waals surface area (Å²) in [5, 5.41) is 2.66. The summed E-state index contributed by atoms with van der Waals surface area (Å²) in [5.41, 5.74) is 0.622. The molecule has 1 aliphatic heterocycles. The number of H-pyrrole nitrogens is 1. The molecule has 19 heavy (non-hydrogen) atoms. The van der Waals surface area contributed by atoms with Crippen LogP contribution in [0.1, 0.15) is 24.0 Å². The highest BCUT2D eigenvalue weighted by atomic mass is 32.1. The predicted octanol–water partition coefficient (Wildman–Crippen LogP) is 0.880. The molecule has 0 radical (unpaired) electrons. The second-order valence-corrected chi connectivity index (χ2v) is 5.67. The van der Waals surface area contributed by atoms with E-state index in [1.807, 2.05) is 0 Å². The van der Waals surface area contributed by atoms with Gasteiger partial charge in [-0.25, -0.2) is 4.68 Å². The van der Waals surface area contributed by atoms with E-state index < -0.39 is 0 Å². The summed E-state index contributed by atoms with van der Waals surface area (Å²) in [6, 6.07) is 0. The molecule has 1 aromatic rings. The maximum Gasteiger partial charge on any atom is 0.268 e. The molecule has 1 fully saturated rings. The summed E-state index contributed by atoms with van der Waals surface area (Å²) >= 11 is 4.42. The summed E-state index contributed by atoms with van der Waals surface area (Å²) in [4.78, 5) is 24.0. The van der Waals surface area contributed by atoms with Crippen LogP contribution in [0.5, 0.6) is 0 Å². The van der Waals surface area contributed by atoms with Gasteiger partial charge in [-0.2, -0.15) is 12.6 Å². The van der Waals surface area contributed by atoms with Gasteiger partial charge in [-0.05, 0) is 32.4 Å². The fourth-order valence-corrected chi connectivity index (χ4v) is 2.82. The lowest BCUT2D eigenvalue weighted by Gasteiger charge is -2.36. The zero-order chi connectivity index (χ0) is 14.0. The maximum absolute atomic E-state index is 12.2. The zero-order valence-electron chi connectivity index (χ0n) is 11.4. The first-order valence-corrected chi connectivity index (χ1v) is 7.11. The number of hydrogen-bond acceptors (Lipinski definition) is 4. The molecule has 0 saturated carbocycles. The standard InChI is InChI=1S/C13H20N2O3S/c1-9-10(2)12(17)15(14-11(9)16)7-13(8-19)3-5-18-6-4-13/h19H,3-8H2,1-2H3,(H,14,16). The summed E-state index contributed by atoms with van der Waals surface area (Å²) in [6.45, 7) is 5.23. The van der Waals surface area contributed by atoms with Gasteiger partial charge in [-0.15, -0.1) is 0 Å². The van der Waals surface area contributed by atoms with E-state index in [9.17, 15) is 9.59 Å². The predicted molar refractivity (Wildman–Crippen MR) is 77.1 cm³/mol. The number of thiol groups is 1. The third-order valence-electron chi connectivity index (χ3n) is 4.09. The highest BCUT2D eigenvalue weighted by molar-refractivity contribution is 7.80. The minimum absolute atomic E-state index is 0.0736. The molecule has 106 valence electrons. The Balaban J connectivity index is 2.38. The van der Waals surface area contributed by atoms with E-state index in [1.165, 1.54) is 4.68 Å². The fraction of sp³-hybridized carbons (Fsp3) is 0.692. The molecule has 2 rings (SSSR count). The van der Waals surface area contributed by atoms with E-state index >= 15 is 0 Å². The van der Waals surface area contributed by atoms with Gasteiger partial charge in [-0.3, -0.25) is 14.7 Å². The normalized spacial score (nSPS) is 18.5. The summed E-state index contributed by atoms with van der Waals surface area (Å²) in [7, 11) is 0. The van der Waals surface area contributed by atoms with Crippen molar-refractivity contribution in [3.8, 4) is 0 Å². The molecule has 0 aromatic carbocycles. The minimum Gasteiger partial charge on any atom is -0.381 e. The Morgan fingerprint density at radius 3 is 2.47 bits per heavy atom. The van der Waals surface area contributed by atoms with Crippen LogP contribution in [0.3, 0.4) is 0 Å². The Bertz CT molecular complexity index is 570. The van der Waals surface area contributed by atoms with Crippen molar-refractivity contribution in [2.45, 2.75) is 33.2 Å². The smallest absolute Gasteiger partial charge is 0.268 e. The molecule has 6 heteroatoms. The molecule has 2 heterocycles. The maximum atomic E-state index is 12.2. The molecule has 1 aliphatic rings. The van der Waals surface area contributed by atoms with Crippen molar-refractivity contribution in [1.82, 2.24) is 9.78 Å². The van der Waals surface area contributed by atoms with Gasteiger partial charge in [-0.1, -0.05) is 0 Å². The zero-order valence-corrected chi connectivity index (χ0v) is 12.3. The van der Waals surface area contributed by atoms with Crippen molar-refractivity contribution < 1.29 is 4.74 Å². The Hall–Kier alpha value is -1.01. The summed E-state index contributed by atoms with van der Waals surface area (Å²) in [6.07, 6.45) is 1.72. The molecule has 1 saturated heterocycles. The molecule has 1 N–H and O–H groups in total. The van der Waals surface area contributed by atoms with Gasteiger partial charge >= 0.3 is 0 Å². The molecule has 1 aromatic heterocycles. The van der Waals surface area contributed by atoms with E-state index in [-0.39, 0.29) is 16.5 Å². The molecule has 0 bridgehead atoms. The molecule has 0 aliphatic carbocycles. The second-order valence-electron chi connectivity index (χ2n) is 5.35. The van der Waals surface area contributed by atoms with Crippen molar-refractivity contribution in [3.05, 3.63) is 31.8 Å². The number of aromatic nitrogens is 2. The lowest BCUT2D eigenvalue weighted by molar-refractivity contribution is 0.0157. The minimum atomic E-state index is -0.196. The van der Waals surface area contributed by atoms with Crippen LogP contribution in [0.25, 0.3) is 0 Å². The van der Waals surface area contributed by atoms with Gasteiger partial charge in [0.2, 0.25) is 0 Å². The fourth-order valence-electron chi connectivity index (χ4n) is 2.41. The first-order chi connectivity index (χ1) is 8.99. The van der Waals surface area contributed by atoms with E-state index in [1.54, 1.807) is 13.8 Å². The number of aromatic amines is 1. The van der Waals surface area contributed by atoms with Gasteiger partial charge in [0.05, 0.1) is 0 Å². The van der Waals surface area contributed by atoms with Gasteiger partial charge in [0.1, 0.15) is 0 Å². The van der Waals surface area contributed by atoms with Crippen molar-refractivity contribution in [2.24, 2.45) is 5.41 Å². The number of nitrogens with zero attached hydrogens (tertiary/aromatic N) is 1. The van der Waals surface area contributed by atoms with Crippen LogP contribution in [-0.2, 0) is 11.3 Å². The number of hydrogen-bond donors (Lipinski definition) is 2. The van der Waals surface area contributed by atoms with E-state index in [2.05, 4.69) is 17.7 Å². The van der Waals surface area contributed by atoms with Crippen molar-refractivity contribution in [3.63, 3.8) is 0 Å². The third-order valence-corrected chi connectivity index (χ3v) is 4.76. The second kappa shape index (κ2) is 5.54. The SMILES string of the molecule is Cc1c(C)c(=O)n(CC2(CS)CCOCC2)[nH]c1=O. The Morgan fingerprint density at radius 1 is 1.26 bits per heavy atom. The molecule has 0 unspecified atom stereocenters. The highest BCUT2D eigenvalue weighted by Crippen LogP contribution is 2.32. The molecular weight excluding hydrogens is 264 g/mol. The largest absolute Gasteiger partial charge is 0.381 e. The quantitative estimate of drug-likeness (QED) is 0.810. The number of rotatable bonds is 3. The molecular formula is C13H20N2O3S. The van der Waals surface area contributed by atoms with Gasteiger partial charge in [0.15, 0.2) is 0 Å². The Morgan fingerprint density at radius 2 is 1.89 bits per heavy atom. The average molecular weight is 284 g/mol. The summed E-state index contributed by atoms with van der Waals surface area (Å²) in [5.74, 6) is 0.678. The van der Waals surface area contributed by atoms with Crippen LogP contribution in [0.15, 0.2) is 9.59 Å². The monoisotopic (exact) mass is 284 g/mol. The molecule has 0 spiro atoms. The van der Waals surface area contributed by atoms with Crippen molar-refractivity contribution in [2.75, 3.05) is 19.0 Å². The lowest BCUT2D eigenvalue weighted by atomic mass is 9.82. The Labute approximate surface area is 117 Å². The van der Waals surface area contributed by atoms with Gasteiger partial charge in [0.25, 0.3) is 11.1 Å². The lowest BCUT2D eigenvalue weighted by Crippen LogP contribution is -2.42. The first kappa shape index (κ1) is 14.4. The first-order valence-electron chi connectivity index (χ1n) is 6.48. The topological polar surface area (TPSA) is 64.1 Å². The highest BCUT2D eigenvalue weighted by Gasteiger charge is 2.32. The van der Waals surface area contributed by atoms with E-state index in [0.29, 0.717) is 36.6 Å². The molecule has 0 amide bonds. The third kappa shape index (κ3) is 2.79. The van der Waals surface area contributed by atoms with Crippen LogP contribution >= 0.6 is 12.6 Å². The van der Waals surface area contributed by atoms with Gasteiger partial charge in [0, 0.05) is 36.3 Å². The number of ether oxygens (including phenoxy) is 1. The molecule has 0 atom stereocenters. The van der Waals surface area contributed by atoms with Crippen LogP contribution in [0.2, 0.25) is 0 Å². The van der Waals surface area contributed by atoms with Crippen LogP contribution in [-0.4, -0.2) is 28.7 Å². The van der Waals surface area contributed by atoms with Crippen LogP contribution in [0.4, 0.5) is 0 Å². The Kier molecular flexibility index (Phi) is 4.20. The van der Waals surface area contributed by atoms with Crippen molar-refractivity contribution >= 4 is 12.6 Å². The van der Waals surface area contributed by atoms with Crippen LogP contribution < -0.4 is 11.1 Å². The average Bonchev–Trinajstić information content (AvgIpc) is 2.43. The summed E-state index contributed by atoms with van der Waals surface area (Å²) < 4.78 is 6.80. The van der Waals surface area contributed by atoms with E-state index in [4.69, 9.17) is 4.74 Å². The van der Waals surface area contributed by atoms with Crippen LogP contribution in [0, 0.1) is 19.3 Å². The van der Waals surface area contributed by atoms with Gasteiger partial charge < -0.3 is 4.74 Å².